The lowest BCUT2D eigenvalue weighted by atomic mass is 9.97. The molecule has 2 aromatic heterocycles. The number of aromatic nitrogens is 2. The lowest BCUT2D eigenvalue weighted by molar-refractivity contribution is -0.103. The van der Waals surface area contributed by atoms with Gasteiger partial charge in [-0.2, -0.15) is 0 Å². The number of carbonyl (C=O) groups is 1. The molecule has 1 fully saturated rings. The lowest BCUT2D eigenvalue weighted by Crippen LogP contribution is -2.42. The normalized spacial score (nSPS) is 19.4. The molecule has 0 unspecified atom stereocenters. The minimum absolute atomic E-state index is 0.0365. The number of carbonyl (C=O) groups excluding carboxylic acids is 1. The van der Waals surface area contributed by atoms with Crippen molar-refractivity contribution in [2.75, 3.05) is 49.8 Å². The van der Waals surface area contributed by atoms with Gasteiger partial charge < -0.3 is 30.0 Å². The molecule has 2 aliphatic rings. The number of nitrogens with zero attached hydrogens (tertiary/aromatic N) is 2. The number of nitrogens with two attached hydrogens (primary N) is 1. The average Bonchev–Trinajstić information content (AvgIpc) is 2.87. The summed E-state index contributed by atoms with van der Waals surface area (Å²) in [4.78, 5) is 21.0. The predicted molar refractivity (Wildman–Crippen MR) is 128 cm³/mol. The van der Waals surface area contributed by atoms with Gasteiger partial charge in [0.15, 0.2) is 5.82 Å². The number of pyridine rings is 2. The van der Waals surface area contributed by atoms with E-state index in [1.54, 1.807) is 25.4 Å². The van der Waals surface area contributed by atoms with Crippen LogP contribution in [0.15, 0.2) is 24.5 Å². The Morgan fingerprint density at radius 1 is 1.23 bits per heavy atom. The van der Waals surface area contributed by atoms with Gasteiger partial charge in [-0.05, 0) is 30.0 Å². The molecular formula is C24H26FN5O5. The van der Waals surface area contributed by atoms with Gasteiger partial charge in [-0.1, -0.05) is 0 Å². The highest BCUT2D eigenvalue weighted by atomic mass is 19.1. The molecule has 4 heterocycles. The maximum atomic E-state index is 15.3. The molecule has 2 aliphatic heterocycles. The van der Waals surface area contributed by atoms with Crippen LogP contribution in [-0.4, -0.2) is 61.7 Å². The Labute approximate surface area is 200 Å². The maximum Gasteiger partial charge on any atom is 0.413 e. The van der Waals surface area contributed by atoms with Gasteiger partial charge in [0, 0.05) is 49.0 Å². The molecular weight excluding hydrogens is 457 g/mol. The number of hydrogen-bond donors (Lipinski definition) is 3. The number of rotatable bonds is 4. The van der Waals surface area contributed by atoms with Gasteiger partial charge in [0.1, 0.15) is 30.3 Å². The van der Waals surface area contributed by atoms with Crippen LogP contribution in [0.5, 0.6) is 5.88 Å². The van der Waals surface area contributed by atoms with Gasteiger partial charge in [0.05, 0.1) is 18.9 Å². The predicted octanol–water partition coefficient (Wildman–Crippen LogP) is 3.48. The Morgan fingerprint density at radius 2 is 2.09 bits per heavy atom. The molecule has 3 aromatic rings. The Morgan fingerprint density at radius 3 is 2.91 bits per heavy atom. The van der Waals surface area contributed by atoms with E-state index in [9.17, 15) is 4.79 Å². The van der Waals surface area contributed by atoms with E-state index in [2.05, 4.69) is 20.6 Å². The van der Waals surface area contributed by atoms with Crippen LogP contribution in [-0.2, 0) is 14.2 Å². The summed E-state index contributed by atoms with van der Waals surface area (Å²) in [6.45, 7) is 3.86. The van der Waals surface area contributed by atoms with Crippen LogP contribution >= 0.6 is 0 Å². The van der Waals surface area contributed by atoms with Crippen molar-refractivity contribution in [3.63, 3.8) is 0 Å². The standard InChI is InChI=1S/C24H26FN5O5/c1-12-15(9-29-23-22(12)27-4-6-34-23)14-7-13-8-19(28-10-16(13)21(26)20(14)25)30-24(31)35-17-3-5-33-11-18(17)32-2/h7-10,17-18,27H,3-6,11,26H2,1-2H3,(H,28,30,31)/t17-,18-/m0/s1. The number of benzene rings is 1. The van der Waals surface area contributed by atoms with E-state index in [1.165, 1.54) is 6.20 Å². The quantitative estimate of drug-likeness (QED) is 0.478. The Bertz CT molecular complexity index is 1290. The van der Waals surface area contributed by atoms with Crippen molar-refractivity contribution in [1.82, 2.24) is 9.97 Å². The zero-order valence-electron chi connectivity index (χ0n) is 19.4. The van der Waals surface area contributed by atoms with Gasteiger partial charge >= 0.3 is 6.09 Å². The van der Waals surface area contributed by atoms with Crippen molar-refractivity contribution in [3.05, 3.63) is 35.9 Å². The summed E-state index contributed by atoms with van der Waals surface area (Å²) in [5, 5.41) is 6.92. The van der Waals surface area contributed by atoms with E-state index in [0.717, 1.165) is 11.3 Å². The zero-order valence-corrected chi connectivity index (χ0v) is 19.4. The number of fused-ring (bicyclic) bond motifs is 2. The van der Waals surface area contributed by atoms with Gasteiger partial charge in [-0.3, -0.25) is 5.32 Å². The number of hydrogen-bond acceptors (Lipinski definition) is 9. The summed E-state index contributed by atoms with van der Waals surface area (Å²) in [5.41, 5.74) is 8.51. The molecule has 0 spiro atoms. The summed E-state index contributed by atoms with van der Waals surface area (Å²) in [6.07, 6.45) is 2.10. The molecule has 0 radical (unpaired) electrons. The highest BCUT2D eigenvalue weighted by Gasteiger charge is 2.29. The molecule has 1 saturated heterocycles. The summed E-state index contributed by atoms with van der Waals surface area (Å²) in [7, 11) is 1.54. The fraction of sp³-hybridized carbons (Fsp3) is 0.375. The van der Waals surface area contributed by atoms with Crippen molar-refractivity contribution in [1.29, 1.82) is 0 Å². The average molecular weight is 484 g/mol. The van der Waals surface area contributed by atoms with Crippen LogP contribution in [0.3, 0.4) is 0 Å². The van der Waals surface area contributed by atoms with E-state index >= 15 is 4.39 Å². The van der Waals surface area contributed by atoms with E-state index in [4.69, 9.17) is 24.7 Å². The van der Waals surface area contributed by atoms with Crippen LogP contribution in [0.2, 0.25) is 0 Å². The fourth-order valence-corrected chi connectivity index (χ4v) is 4.37. The molecule has 1 amide bonds. The number of nitrogen functional groups attached to an aromatic ring is 1. The highest BCUT2D eigenvalue weighted by Crippen LogP contribution is 2.39. The minimum Gasteiger partial charge on any atom is -0.474 e. The van der Waals surface area contributed by atoms with Crippen molar-refractivity contribution in [2.45, 2.75) is 25.6 Å². The molecule has 5 rings (SSSR count). The van der Waals surface area contributed by atoms with Crippen LogP contribution in [0.25, 0.3) is 21.9 Å². The molecule has 184 valence electrons. The molecule has 1 aromatic carbocycles. The Kier molecular flexibility index (Phi) is 6.27. The van der Waals surface area contributed by atoms with Crippen molar-refractivity contribution >= 4 is 34.1 Å². The largest absolute Gasteiger partial charge is 0.474 e. The number of halogens is 1. The first-order valence-electron chi connectivity index (χ1n) is 11.3. The van der Waals surface area contributed by atoms with Gasteiger partial charge in [-0.25, -0.2) is 19.2 Å². The highest BCUT2D eigenvalue weighted by molar-refractivity contribution is 5.99. The number of amides is 1. The third-order valence-corrected chi connectivity index (χ3v) is 6.27. The summed E-state index contributed by atoms with van der Waals surface area (Å²) in [6, 6.07) is 3.29. The van der Waals surface area contributed by atoms with Crippen LogP contribution in [0, 0.1) is 12.7 Å². The third-order valence-electron chi connectivity index (χ3n) is 6.27. The van der Waals surface area contributed by atoms with E-state index in [0.29, 0.717) is 60.6 Å². The van der Waals surface area contributed by atoms with Crippen molar-refractivity contribution < 1.29 is 28.1 Å². The van der Waals surface area contributed by atoms with E-state index < -0.39 is 18.0 Å². The molecule has 4 N–H and O–H groups in total. The molecule has 2 atom stereocenters. The van der Waals surface area contributed by atoms with Crippen LogP contribution in [0.1, 0.15) is 12.0 Å². The smallest absolute Gasteiger partial charge is 0.413 e. The van der Waals surface area contributed by atoms with Crippen LogP contribution in [0.4, 0.5) is 26.4 Å². The topological polar surface area (TPSA) is 130 Å². The van der Waals surface area contributed by atoms with Crippen molar-refractivity contribution in [2.24, 2.45) is 0 Å². The Hall–Kier alpha value is -3.70. The molecule has 10 nitrogen and oxygen atoms in total. The molecule has 35 heavy (non-hydrogen) atoms. The third kappa shape index (κ3) is 4.40. The van der Waals surface area contributed by atoms with E-state index in [1.807, 2.05) is 6.92 Å². The van der Waals surface area contributed by atoms with Crippen molar-refractivity contribution in [3.8, 4) is 17.0 Å². The maximum absolute atomic E-state index is 15.3. The number of ether oxygens (including phenoxy) is 4. The lowest BCUT2D eigenvalue weighted by Gasteiger charge is -2.29. The van der Waals surface area contributed by atoms with Crippen LogP contribution < -0.4 is 21.1 Å². The second kappa shape index (κ2) is 9.51. The number of nitrogens with one attached hydrogen (secondary N) is 2. The second-order valence-corrected chi connectivity index (χ2v) is 8.40. The molecule has 0 saturated carbocycles. The molecule has 0 bridgehead atoms. The second-order valence-electron chi connectivity index (χ2n) is 8.40. The van der Waals surface area contributed by atoms with Gasteiger partial charge in [0.2, 0.25) is 5.88 Å². The fourth-order valence-electron chi connectivity index (χ4n) is 4.37. The van der Waals surface area contributed by atoms with E-state index in [-0.39, 0.29) is 17.6 Å². The summed E-state index contributed by atoms with van der Waals surface area (Å²) < 4.78 is 37.1. The monoisotopic (exact) mass is 483 g/mol. The molecule has 11 heteroatoms. The summed E-state index contributed by atoms with van der Waals surface area (Å²) >= 11 is 0. The first kappa shape index (κ1) is 23.1. The molecule has 0 aliphatic carbocycles. The van der Waals surface area contributed by atoms with Gasteiger partial charge in [0.25, 0.3) is 0 Å². The minimum atomic E-state index is -0.665. The number of anilines is 3. The van der Waals surface area contributed by atoms with Gasteiger partial charge in [-0.15, -0.1) is 0 Å². The summed E-state index contributed by atoms with van der Waals surface area (Å²) in [5.74, 6) is 0.170. The number of methoxy groups -OCH3 is 1. The first-order valence-corrected chi connectivity index (χ1v) is 11.3. The zero-order chi connectivity index (χ0) is 24.5. The Balaban J connectivity index is 1.44. The SMILES string of the molecule is CO[C@H]1COCC[C@@H]1OC(=O)Nc1cc2cc(-c3cnc4c(c3C)NCCO4)c(F)c(N)c2cn1. The first-order chi connectivity index (χ1) is 17.0.